The van der Waals surface area contributed by atoms with E-state index in [0.717, 1.165) is 30.0 Å². The van der Waals surface area contributed by atoms with Gasteiger partial charge in [-0.2, -0.15) is 11.8 Å². The van der Waals surface area contributed by atoms with Gasteiger partial charge in [0, 0.05) is 18.4 Å². The molecule has 1 aliphatic rings. The molecule has 1 saturated heterocycles. The summed E-state index contributed by atoms with van der Waals surface area (Å²) in [7, 11) is 0. The maximum atomic E-state index is 11.9. The fourth-order valence-corrected chi connectivity index (χ4v) is 3.13. The van der Waals surface area contributed by atoms with Gasteiger partial charge in [-0.1, -0.05) is 0 Å². The van der Waals surface area contributed by atoms with Crippen LogP contribution in [0.15, 0.2) is 18.3 Å². The Kier molecular flexibility index (Phi) is 4.24. The molecule has 0 spiro atoms. The normalized spacial score (nSPS) is 18.3. The van der Waals surface area contributed by atoms with Crippen molar-refractivity contribution in [2.75, 3.05) is 18.1 Å². The Morgan fingerprint density at radius 1 is 1.50 bits per heavy atom. The summed E-state index contributed by atoms with van der Waals surface area (Å²) in [6.45, 7) is 2.20. The predicted octanol–water partition coefficient (Wildman–Crippen LogP) is 1.38. The summed E-state index contributed by atoms with van der Waals surface area (Å²) in [4.78, 5) is 16.0. The summed E-state index contributed by atoms with van der Waals surface area (Å²) in [6.07, 6.45) is 3.04. The molecule has 0 saturated carbocycles. The van der Waals surface area contributed by atoms with Gasteiger partial charge < -0.3 is 10.4 Å². The third-order valence-corrected chi connectivity index (χ3v) is 4.16. The molecule has 2 N–H and O–H groups in total. The molecule has 0 atom stereocenters. The maximum Gasteiger partial charge on any atom is 0.252 e. The van der Waals surface area contributed by atoms with Gasteiger partial charge in [0.05, 0.1) is 11.2 Å². The molecule has 5 heteroatoms. The Balaban J connectivity index is 1.89. The molecule has 1 fully saturated rings. The summed E-state index contributed by atoms with van der Waals surface area (Å²) < 4.78 is 0. The molecule has 0 unspecified atom stereocenters. The van der Waals surface area contributed by atoms with E-state index >= 15 is 0 Å². The molecular weight excluding hydrogens is 248 g/mol. The van der Waals surface area contributed by atoms with Crippen molar-refractivity contribution < 1.29 is 9.90 Å². The first-order chi connectivity index (χ1) is 8.59. The fraction of sp³-hybridized carbons (Fsp3) is 0.538. The largest absolute Gasteiger partial charge is 0.388 e. The van der Waals surface area contributed by atoms with Gasteiger partial charge in [-0.15, -0.1) is 0 Å². The van der Waals surface area contributed by atoms with Crippen LogP contribution in [0.3, 0.4) is 0 Å². The lowest BCUT2D eigenvalue weighted by Gasteiger charge is -2.31. The van der Waals surface area contributed by atoms with Gasteiger partial charge >= 0.3 is 0 Å². The molecule has 0 aliphatic carbocycles. The molecule has 0 bridgehead atoms. The van der Waals surface area contributed by atoms with Gasteiger partial charge in [0.25, 0.3) is 5.91 Å². The molecule has 1 aromatic heterocycles. The topological polar surface area (TPSA) is 62.2 Å². The molecule has 2 heterocycles. The van der Waals surface area contributed by atoms with E-state index in [-0.39, 0.29) is 5.91 Å². The van der Waals surface area contributed by atoms with Crippen molar-refractivity contribution in [2.45, 2.75) is 25.4 Å². The van der Waals surface area contributed by atoms with Crippen molar-refractivity contribution in [3.63, 3.8) is 0 Å². The van der Waals surface area contributed by atoms with Crippen molar-refractivity contribution in [3.05, 3.63) is 29.6 Å². The van der Waals surface area contributed by atoms with Crippen molar-refractivity contribution in [2.24, 2.45) is 0 Å². The first-order valence-corrected chi connectivity index (χ1v) is 7.26. The molecule has 1 aromatic rings. The second-order valence-electron chi connectivity index (χ2n) is 4.71. The van der Waals surface area contributed by atoms with Crippen molar-refractivity contribution in [3.8, 4) is 0 Å². The van der Waals surface area contributed by atoms with E-state index < -0.39 is 5.60 Å². The monoisotopic (exact) mass is 266 g/mol. The zero-order valence-corrected chi connectivity index (χ0v) is 11.3. The number of thioether (sulfide) groups is 1. The number of pyridine rings is 1. The minimum absolute atomic E-state index is 0.172. The number of carbonyl (C=O) groups excluding carboxylic acids is 1. The highest BCUT2D eigenvalue weighted by Crippen LogP contribution is 2.26. The van der Waals surface area contributed by atoms with Crippen molar-refractivity contribution in [1.29, 1.82) is 0 Å². The Morgan fingerprint density at radius 3 is 2.83 bits per heavy atom. The Hall–Kier alpha value is -1.07. The van der Waals surface area contributed by atoms with Gasteiger partial charge in [-0.05, 0) is 43.4 Å². The van der Waals surface area contributed by atoms with Gasteiger partial charge in [0.2, 0.25) is 0 Å². The molecule has 18 heavy (non-hydrogen) atoms. The number of hydrogen-bond acceptors (Lipinski definition) is 4. The van der Waals surface area contributed by atoms with Crippen LogP contribution >= 0.6 is 11.8 Å². The second kappa shape index (κ2) is 5.71. The van der Waals surface area contributed by atoms with E-state index in [9.17, 15) is 9.90 Å². The minimum atomic E-state index is -0.737. The molecule has 0 radical (unpaired) electrons. The zero-order chi connectivity index (χ0) is 13.0. The van der Waals surface area contributed by atoms with E-state index in [2.05, 4.69) is 10.3 Å². The van der Waals surface area contributed by atoms with Gasteiger partial charge in [0.1, 0.15) is 0 Å². The Morgan fingerprint density at radius 2 is 2.22 bits per heavy atom. The number of aliphatic hydroxyl groups is 1. The number of aryl methyl sites for hydroxylation is 1. The van der Waals surface area contributed by atoms with E-state index in [0.29, 0.717) is 12.1 Å². The Bertz CT molecular complexity index is 414. The highest BCUT2D eigenvalue weighted by Gasteiger charge is 2.29. The quantitative estimate of drug-likeness (QED) is 0.867. The lowest BCUT2D eigenvalue weighted by atomic mass is 9.97. The van der Waals surface area contributed by atoms with Gasteiger partial charge in [-0.25, -0.2) is 0 Å². The number of carbonyl (C=O) groups is 1. The van der Waals surface area contributed by atoms with Crippen LogP contribution in [0.1, 0.15) is 28.9 Å². The first-order valence-electron chi connectivity index (χ1n) is 6.10. The van der Waals surface area contributed by atoms with Gasteiger partial charge in [-0.3, -0.25) is 9.78 Å². The molecule has 4 nitrogen and oxygen atoms in total. The standard InChI is InChI=1S/C13H18N2O2S/c1-10-2-3-11(8-14-10)12(16)15-9-13(17)4-6-18-7-5-13/h2-3,8,17H,4-7,9H2,1H3,(H,15,16). The highest BCUT2D eigenvalue weighted by molar-refractivity contribution is 7.99. The van der Waals surface area contributed by atoms with Crippen LogP contribution in [0.25, 0.3) is 0 Å². The number of nitrogens with zero attached hydrogens (tertiary/aromatic N) is 1. The van der Waals surface area contributed by atoms with Crippen molar-refractivity contribution >= 4 is 17.7 Å². The van der Waals surface area contributed by atoms with Crippen LogP contribution in [0, 0.1) is 6.92 Å². The predicted molar refractivity (Wildman–Crippen MR) is 72.8 cm³/mol. The van der Waals surface area contributed by atoms with Crippen LogP contribution in [0.4, 0.5) is 0 Å². The molecule has 0 aromatic carbocycles. The zero-order valence-electron chi connectivity index (χ0n) is 10.5. The van der Waals surface area contributed by atoms with Crippen LogP contribution in [0.2, 0.25) is 0 Å². The van der Waals surface area contributed by atoms with Crippen LogP contribution in [0.5, 0.6) is 0 Å². The summed E-state index contributed by atoms with van der Waals surface area (Å²) in [5.41, 5.74) is 0.683. The van der Waals surface area contributed by atoms with Crippen LogP contribution in [-0.2, 0) is 0 Å². The number of hydrogen-bond donors (Lipinski definition) is 2. The Labute approximate surface area is 111 Å². The van der Waals surface area contributed by atoms with Crippen LogP contribution < -0.4 is 5.32 Å². The minimum Gasteiger partial charge on any atom is -0.388 e. The molecular formula is C13H18N2O2S. The first kappa shape index (κ1) is 13.4. The average Bonchev–Trinajstić information content (AvgIpc) is 2.38. The molecule has 98 valence electrons. The van der Waals surface area contributed by atoms with Crippen molar-refractivity contribution in [1.82, 2.24) is 10.3 Å². The number of aromatic nitrogens is 1. The average molecular weight is 266 g/mol. The SMILES string of the molecule is Cc1ccc(C(=O)NCC2(O)CCSCC2)cn1. The lowest BCUT2D eigenvalue weighted by molar-refractivity contribution is 0.0311. The van der Waals surface area contributed by atoms with Gasteiger partial charge in [0.15, 0.2) is 0 Å². The summed E-state index contributed by atoms with van der Waals surface area (Å²) in [5, 5.41) is 13.1. The second-order valence-corrected chi connectivity index (χ2v) is 5.93. The third kappa shape index (κ3) is 3.46. The maximum absolute atomic E-state index is 11.9. The third-order valence-electron chi connectivity index (χ3n) is 3.18. The summed E-state index contributed by atoms with van der Waals surface area (Å²) in [6, 6.07) is 3.55. The highest BCUT2D eigenvalue weighted by atomic mass is 32.2. The number of rotatable bonds is 3. The van der Waals surface area contributed by atoms with E-state index in [1.54, 1.807) is 18.3 Å². The van der Waals surface area contributed by atoms with E-state index in [1.807, 2.05) is 18.7 Å². The molecule has 1 amide bonds. The summed E-state index contributed by atoms with van der Waals surface area (Å²) >= 11 is 1.85. The lowest BCUT2D eigenvalue weighted by Crippen LogP contribution is -2.45. The number of amides is 1. The smallest absolute Gasteiger partial charge is 0.252 e. The van der Waals surface area contributed by atoms with E-state index in [1.165, 1.54) is 0 Å². The number of nitrogens with one attached hydrogen (secondary N) is 1. The fourth-order valence-electron chi connectivity index (χ4n) is 1.88. The van der Waals surface area contributed by atoms with E-state index in [4.69, 9.17) is 0 Å². The molecule has 2 rings (SSSR count). The van der Waals surface area contributed by atoms with Crippen LogP contribution in [-0.4, -0.2) is 39.6 Å². The summed E-state index contributed by atoms with van der Waals surface area (Å²) in [5.74, 6) is 1.74. The molecule has 1 aliphatic heterocycles.